The largest absolute Gasteiger partial charge is 0.368 e. The fourth-order valence-corrected chi connectivity index (χ4v) is 4.38. The highest BCUT2D eigenvalue weighted by atomic mass is 15.3. The van der Waals surface area contributed by atoms with Crippen molar-refractivity contribution in [1.29, 1.82) is 0 Å². The van der Waals surface area contributed by atoms with Crippen molar-refractivity contribution in [2.75, 3.05) is 47.4 Å². The normalized spacial score (nSPS) is 16.3. The third-order valence-corrected chi connectivity index (χ3v) is 5.92. The first-order chi connectivity index (χ1) is 14.2. The van der Waals surface area contributed by atoms with E-state index in [0.717, 1.165) is 56.6 Å². The molecule has 0 N–H and O–H groups in total. The number of nitrogens with zero attached hydrogens (tertiary/aromatic N) is 5. The number of aromatic nitrogens is 2. The third kappa shape index (κ3) is 3.53. The molecule has 3 aromatic rings. The fourth-order valence-electron chi connectivity index (χ4n) is 4.38. The molecule has 0 aliphatic carbocycles. The van der Waals surface area contributed by atoms with E-state index in [0.29, 0.717) is 0 Å². The van der Waals surface area contributed by atoms with Gasteiger partial charge in [0.2, 0.25) is 5.95 Å². The Hall–Kier alpha value is -3.08. The van der Waals surface area contributed by atoms with E-state index in [-0.39, 0.29) is 0 Å². The molecule has 0 unspecified atom stereocenters. The average Bonchev–Trinajstić information content (AvgIpc) is 3.18. The van der Waals surface area contributed by atoms with Crippen molar-refractivity contribution < 1.29 is 0 Å². The molecule has 3 heterocycles. The summed E-state index contributed by atoms with van der Waals surface area (Å²) in [5.74, 6) is 1.87. The smallest absolute Gasteiger partial charge is 0.227 e. The van der Waals surface area contributed by atoms with Crippen LogP contribution >= 0.6 is 0 Å². The van der Waals surface area contributed by atoms with Crippen LogP contribution in [0, 0.1) is 13.8 Å². The Bertz CT molecular complexity index is 1020. The summed E-state index contributed by atoms with van der Waals surface area (Å²) in [7, 11) is 0. The van der Waals surface area contributed by atoms with E-state index in [2.05, 4.69) is 83.1 Å². The van der Waals surface area contributed by atoms with E-state index in [1.807, 2.05) is 0 Å². The Labute approximate surface area is 172 Å². The van der Waals surface area contributed by atoms with Crippen molar-refractivity contribution >= 4 is 23.1 Å². The second kappa shape index (κ2) is 7.39. The van der Waals surface area contributed by atoms with Crippen molar-refractivity contribution in [3.8, 4) is 0 Å². The van der Waals surface area contributed by atoms with E-state index >= 15 is 0 Å². The highest BCUT2D eigenvalue weighted by Gasteiger charge is 2.24. The minimum atomic E-state index is 0.855. The highest BCUT2D eigenvalue weighted by molar-refractivity contribution is 5.68. The quantitative estimate of drug-likeness (QED) is 0.678. The minimum Gasteiger partial charge on any atom is -0.368 e. The lowest BCUT2D eigenvalue weighted by Gasteiger charge is -2.36. The summed E-state index contributed by atoms with van der Waals surface area (Å²) in [5.41, 5.74) is 6.32. The van der Waals surface area contributed by atoms with Gasteiger partial charge in [0.15, 0.2) is 0 Å². The van der Waals surface area contributed by atoms with Crippen molar-refractivity contribution in [3.63, 3.8) is 0 Å². The zero-order chi connectivity index (χ0) is 19.8. The number of rotatable bonds is 3. The van der Waals surface area contributed by atoms with Gasteiger partial charge in [-0.05, 0) is 49.6 Å². The standard InChI is InChI=1S/C24H27N5/c1-18-6-5-8-21(16-18)27-12-14-28(15-13-27)24-25-19(2)17-23(26-24)29-11-10-20-7-3-4-9-22(20)29/h3-9,16-17H,10-15H2,1-2H3. The van der Waals surface area contributed by atoms with Crippen molar-refractivity contribution in [2.45, 2.75) is 20.3 Å². The maximum Gasteiger partial charge on any atom is 0.227 e. The molecule has 29 heavy (non-hydrogen) atoms. The molecule has 0 spiro atoms. The maximum absolute atomic E-state index is 4.97. The van der Waals surface area contributed by atoms with Crippen LogP contribution in [0.1, 0.15) is 16.8 Å². The van der Waals surface area contributed by atoms with Crippen molar-refractivity contribution in [1.82, 2.24) is 9.97 Å². The first-order valence-electron chi connectivity index (χ1n) is 10.4. The molecule has 5 heteroatoms. The predicted octanol–water partition coefficient (Wildman–Crippen LogP) is 4.11. The molecule has 1 aromatic heterocycles. The summed E-state index contributed by atoms with van der Waals surface area (Å²) in [6, 6.07) is 19.5. The van der Waals surface area contributed by atoms with E-state index in [9.17, 15) is 0 Å². The van der Waals surface area contributed by atoms with E-state index in [1.54, 1.807) is 0 Å². The van der Waals surface area contributed by atoms with Gasteiger partial charge in [0.1, 0.15) is 5.82 Å². The SMILES string of the molecule is Cc1cccc(N2CCN(c3nc(C)cc(N4CCc5ccccc54)n3)CC2)c1. The van der Waals surface area contributed by atoms with Crippen LogP contribution in [0.5, 0.6) is 0 Å². The van der Waals surface area contributed by atoms with E-state index in [1.165, 1.54) is 22.5 Å². The second-order valence-corrected chi connectivity index (χ2v) is 8.01. The van der Waals surface area contributed by atoms with Crippen molar-refractivity contribution in [3.05, 3.63) is 71.4 Å². The van der Waals surface area contributed by atoms with Crippen LogP contribution in [0.3, 0.4) is 0 Å². The maximum atomic E-state index is 4.97. The summed E-state index contributed by atoms with van der Waals surface area (Å²) >= 11 is 0. The van der Waals surface area contributed by atoms with E-state index < -0.39 is 0 Å². The molecule has 0 saturated carbocycles. The molecule has 2 aliphatic rings. The Morgan fingerprint density at radius 2 is 1.55 bits per heavy atom. The monoisotopic (exact) mass is 385 g/mol. The second-order valence-electron chi connectivity index (χ2n) is 8.01. The van der Waals surface area contributed by atoms with Crippen LogP contribution in [-0.2, 0) is 6.42 Å². The number of hydrogen-bond acceptors (Lipinski definition) is 5. The summed E-state index contributed by atoms with van der Waals surface area (Å²) in [6.07, 6.45) is 1.07. The molecule has 5 rings (SSSR count). The first kappa shape index (κ1) is 18.0. The Morgan fingerprint density at radius 1 is 0.759 bits per heavy atom. The number of aryl methyl sites for hydroxylation is 2. The number of piperazine rings is 1. The van der Waals surface area contributed by atoms with Crippen LogP contribution in [0.25, 0.3) is 0 Å². The molecule has 0 atom stereocenters. The fraction of sp³-hybridized carbons (Fsp3) is 0.333. The summed E-state index contributed by atoms with van der Waals surface area (Å²) in [5, 5.41) is 0. The van der Waals surface area contributed by atoms with Gasteiger partial charge in [-0.25, -0.2) is 4.98 Å². The van der Waals surface area contributed by atoms with Gasteiger partial charge in [0.25, 0.3) is 0 Å². The summed E-state index contributed by atoms with van der Waals surface area (Å²) < 4.78 is 0. The predicted molar refractivity (Wildman–Crippen MR) is 120 cm³/mol. The van der Waals surface area contributed by atoms with Gasteiger partial charge >= 0.3 is 0 Å². The molecule has 148 valence electrons. The summed E-state index contributed by atoms with van der Waals surface area (Å²) in [6.45, 7) is 9.06. The average molecular weight is 386 g/mol. The molecule has 1 saturated heterocycles. The molecule has 2 aromatic carbocycles. The Kier molecular flexibility index (Phi) is 4.58. The van der Waals surface area contributed by atoms with Crippen LogP contribution < -0.4 is 14.7 Å². The number of benzene rings is 2. The van der Waals surface area contributed by atoms with Gasteiger partial charge < -0.3 is 14.7 Å². The molecular weight excluding hydrogens is 358 g/mol. The van der Waals surface area contributed by atoms with Crippen LogP contribution in [-0.4, -0.2) is 42.7 Å². The van der Waals surface area contributed by atoms with Gasteiger partial charge in [-0.15, -0.1) is 0 Å². The molecular formula is C24H27N5. The van der Waals surface area contributed by atoms with Crippen LogP contribution in [0.2, 0.25) is 0 Å². The third-order valence-electron chi connectivity index (χ3n) is 5.92. The lowest BCUT2D eigenvalue weighted by atomic mass is 10.2. The zero-order valence-electron chi connectivity index (χ0n) is 17.2. The lowest BCUT2D eigenvalue weighted by Crippen LogP contribution is -2.47. The van der Waals surface area contributed by atoms with E-state index in [4.69, 9.17) is 9.97 Å². The molecule has 0 amide bonds. The Balaban J connectivity index is 1.35. The number of anilines is 4. The highest BCUT2D eigenvalue weighted by Crippen LogP contribution is 2.34. The number of para-hydroxylation sites is 1. The van der Waals surface area contributed by atoms with Crippen molar-refractivity contribution in [2.24, 2.45) is 0 Å². The topological polar surface area (TPSA) is 35.5 Å². The molecule has 5 nitrogen and oxygen atoms in total. The minimum absolute atomic E-state index is 0.855. The van der Waals surface area contributed by atoms with Crippen LogP contribution in [0.4, 0.5) is 23.1 Å². The van der Waals surface area contributed by atoms with Gasteiger partial charge in [-0.3, -0.25) is 0 Å². The number of hydrogen-bond donors (Lipinski definition) is 0. The molecule has 2 aliphatic heterocycles. The Morgan fingerprint density at radius 3 is 2.38 bits per heavy atom. The first-order valence-corrected chi connectivity index (χ1v) is 10.4. The van der Waals surface area contributed by atoms with Gasteiger partial charge in [-0.2, -0.15) is 4.98 Å². The zero-order valence-corrected chi connectivity index (χ0v) is 17.2. The molecule has 0 bridgehead atoms. The lowest BCUT2D eigenvalue weighted by molar-refractivity contribution is 0.639. The molecule has 0 radical (unpaired) electrons. The van der Waals surface area contributed by atoms with Gasteiger partial charge in [0, 0.05) is 55.9 Å². The van der Waals surface area contributed by atoms with Gasteiger partial charge in [-0.1, -0.05) is 30.3 Å². The number of fused-ring (bicyclic) bond motifs is 1. The molecule has 1 fully saturated rings. The van der Waals surface area contributed by atoms with Gasteiger partial charge in [0.05, 0.1) is 0 Å². The van der Waals surface area contributed by atoms with Crippen LogP contribution in [0.15, 0.2) is 54.6 Å². The summed E-state index contributed by atoms with van der Waals surface area (Å²) in [4.78, 5) is 16.8.